The molecule has 0 atom stereocenters. The van der Waals surface area contributed by atoms with Crippen molar-refractivity contribution in [2.45, 2.75) is 4.90 Å². The molecule has 2 aromatic rings. The van der Waals surface area contributed by atoms with E-state index in [2.05, 4.69) is 9.71 Å². The van der Waals surface area contributed by atoms with E-state index in [1.165, 1.54) is 18.3 Å². The van der Waals surface area contributed by atoms with Gasteiger partial charge < -0.3 is 5.11 Å². The third-order valence-corrected chi connectivity index (χ3v) is 4.29. The topological polar surface area (TPSA) is 96.4 Å². The molecule has 0 fully saturated rings. The second-order valence-electron chi connectivity index (χ2n) is 3.90. The van der Waals surface area contributed by atoms with Crippen LogP contribution >= 0.6 is 11.6 Å². The Bertz CT molecular complexity index is 811. The summed E-state index contributed by atoms with van der Waals surface area (Å²) in [6, 6.07) is 5.45. The summed E-state index contributed by atoms with van der Waals surface area (Å²) in [7, 11) is -4.06. The van der Waals surface area contributed by atoms with Crippen molar-refractivity contribution in [2.75, 3.05) is 4.72 Å². The molecule has 1 heterocycles. The Morgan fingerprint density at radius 1 is 1.33 bits per heavy atom. The highest BCUT2D eigenvalue weighted by Gasteiger charge is 2.20. The second-order valence-corrected chi connectivity index (χ2v) is 5.91. The van der Waals surface area contributed by atoms with E-state index in [0.717, 1.165) is 18.2 Å². The zero-order valence-electron chi connectivity index (χ0n) is 10.2. The molecule has 1 aromatic carbocycles. The minimum absolute atomic E-state index is 0.103. The monoisotopic (exact) mass is 330 g/mol. The van der Waals surface area contributed by atoms with Crippen LogP contribution in [0.25, 0.3) is 0 Å². The molecule has 110 valence electrons. The van der Waals surface area contributed by atoms with Crippen LogP contribution in [0.5, 0.6) is 0 Å². The number of benzene rings is 1. The summed E-state index contributed by atoms with van der Waals surface area (Å²) in [5.74, 6) is -2.47. The third kappa shape index (κ3) is 3.29. The van der Waals surface area contributed by atoms with E-state index in [-0.39, 0.29) is 15.7 Å². The number of anilines is 1. The van der Waals surface area contributed by atoms with Gasteiger partial charge in [0.2, 0.25) is 0 Å². The van der Waals surface area contributed by atoms with Gasteiger partial charge in [0.05, 0.1) is 5.56 Å². The molecule has 2 rings (SSSR count). The van der Waals surface area contributed by atoms with E-state index in [0.29, 0.717) is 0 Å². The molecule has 0 aliphatic rings. The maximum Gasteiger partial charge on any atom is 0.338 e. The van der Waals surface area contributed by atoms with Crippen LogP contribution in [0.3, 0.4) is 0 Å². The number of nitrogens with one attached hydrogen (secondary N) is 1. The number of carboxylic acid groups (broad SMARTS) is 1. The highest BCUT2D eigenvalue weighted by Crippen LogP contribution is 2.22. The van der Waals surface area contributed by atoms with Crippen molar-refractivity contribution in [3.63, 3.8) is 0 Å². The Morgan fingerprint density at radius 2 is 2.05 bits per heavy atom. The fourth-order valence-corrected chi connectivity index (χ4v) is 3.04. The van der Waals surface area contributed by atoms with Crippen LogP contribution < -0.4 is 4.72 Å². The molecule has 0 aliphatic heterocycles. The highest BCUT2D eigenvalue weighted by atomic mass is 35.5. The molecular weight excluding hydrogens is 323 g/mol. The predicted octanol–water partition coefficient (Wildman–Crippen LogP) is 2.37. The molecule has 9 heteroatoms. The quantitative estimate of drug-likeness (QED) is 0.839. The maximum absolute atomic E-state index is 13.3. The summed E-state index contributed by atoms with van der Waals surface area (Å²) in [6.45, 7) is 0. The summed E-state index contributed by atoms with van der Waals surface area (Å²) in [4.78, 5) is 14.2. The van der Waals surface area contributed by atoms with Gasteiger partial charge in [-0.25, -0.2) is 22.6 Å². The summed E-state index contributed by atoms with van der Waals surface area (Å²) in [5, 5.41) is 8.57. The van der Waals surface area contributed by atoms with Crippen molar-refractivity contribution in [2.24, 2.45) is 0 Å². The Balaban J connectivity index is 2.40. The Hall–Kier alpha value is -2.19. The van der Waals surface area contributed by atoms with E-state index in [4.69, 9.17) is 16.7 Å². The van der Waals surface area contributed by atoms with Gasteiger partial charge in [-0.05, 0) is 30.3 Å². The van der Waals surface area contributed by atoms with E-state index in [9.17, 15) is 17.6 Å². The number of aromatic nitrogens is 1. The first-order valence-corrected chi connectivity index (χ1v) is 7.33. The molecule has 0 spiro atoms. The smallest absolute Gasteiger partial charge is 0.338 e. The minimum atomic E-state index is -4.06. The SMILES string of the molecule is O=C(O)c1cc(NS(=O)(=O)c2cccnc2Cl)ccc1F. The van der Waals surface area contributed by atoms with Crippen LogP contribution in [0.2, 0.25) is 5.15 Å². The highest BCUT2D eigenvalue weighted by molar-refractivity contribution is 7.92. The van der Waals surface area contributed by atoms with Gasteiger partial charge in [-0.2, -0.15) is 0 Å². The summed E-state index contributed by atoms with van der Waals surface area (Å²) in [5.41, 5.74) is -0.749. The number of hydrogen-bond acceptors (Lipinski definition) is 4. The number of sulfonamides is 1. The summed E-state index contributed by atoms with van der Waals surface area (Å²) in [6.07, 6.45) is 1.32. The van der Waals surface area contributed by atoms with Gasteiger partial charge in [-0.15, -0.1) is 0 Å². The zero-order valence-corrected chi connectivity index (χ0v) is 11.8. The summed E-state index contributed by atoms with van der Waals surface area (Å²) >= 11 is 5.70. The molecule has 6 nitrogen and oxygen atoms in total. The van der Waals surface area contributed by atoms with Crippen molar-refractivity contribution >= 4 is 33.3 Å². The lowest BCUT2D eigenvalue weighted by molar-refractivity contribution is 0.0692. The van der Waals surface area contributed by atoms with Crippen LogP contribution in [-0.4, -0.2) is 24.5 Å². The van der Waals surface area contributed by atoms with Crippen molar-refractivity contribution in [1.82, 2.24) is 4.98 Å². The zero-order chi connectivity index (χ0) is 15.6. The van der Waals surface area contributed by atoms with Gasteiger partial charge in [-0.1, -0.05) is 11.6 Å². The van der Waals surface area contributed by atoms with Crippen LogP contribution in [0.15, 0.2) is 41.4 Å². The molecule has 0 unspecified atom stereocenters. The van der Waals surface area contributed by atoms with Gasteiger partial charge in [0.25, 0.3) is 10.0 Å². The lowest BCUT2D eigenvalue weighted by atomic mass is 10.2. The average molecular weight is 331 g/mol. The minimum Gasteiger partial charge on any atom is -0.478 e. The van der Waals surface area contributed by atoms with E-state index in [1.807, 2.05) is 0 Å². The normalized spacial score (nSPS) is 11.1. The number of carboxylic acids is 1. The molecule has 0 saturated carbocycles. The Labute approximate surface area is 124 Å². The van der Waals surface area contributed by atoms with Gasteiger partial charge in [0.15, 0.2) is 0 Å². The first-order valence-electron chi connectivity index (χ1n) is 5.47. The Kier molecular flexibility index (Phi) is 4.10. The molecule has 0 bridgehead atoms. The molecule has 0 amide bonds. The second kappa shape index (κ2) is 5.66. The molecule has 0 radical (unpaired) electrons. The fraction of sp³-hybridized carbons (Fsp3) is 0. The Morgan fingerprint density at radius 3 is 2.67 bits per heavy atom. The van der Waals surface area contributed by atoms with Crippen molar-refractivity contribution in [1.29, 1.82) is 0 Å². The fourth-order valence-electron chi connectivity index (χ4n) is 1.53. The first kappa shape index (κ1) is 15.2. The molecule has 21 heavy (non-hydrogen) atoms. The summed E-state index contributed by atoms with van der Waals surface area (Å²) < 4.78 is 39.6. The van der Waals surface area contributed by atoms with Crippen molar-refractivity contribution in [3.05, 3.63) is 53.1 Å². The lowest BCUT2D eigenvalue weighted by Gasteiger charge is -2.09. The van der Waals surface area contributed by atoms with Crippen molar-refractivity contribution < 1.29 is 22.7 Å². The van der Waals surface area contributed by atoms with Crippen LogP contribution in [0, 0.1) is 5.82 Å². The average Bonchev–Trinajstić information content (AvgIpc) is 2.40. The number of hydrogen-bond donors (Lipinski definition) is 2. The number of carbonyl (C=O) groups is 1. The third-order valence-electron chi connectivity index (χ3n) is 2.46. The lowest BCUT2D eigenvalue weighted by Crippen LogP contribution is -2.14. The number of rotatable bonds is 4. The standard InChI is InChI=1S/C12H8ClFN2O4S/c13-11-10(2-1-5-15-11)21(19,20)16-7-3-4-9(14)8(6-7)12(17)18/h1-6,16H,(H,17,18). The molecule has 1 aromatic heterocycles. The number of aromatic carboxylic acids is 1. The molecule has 0 aliphatic carbocycles. The molecule has 0 saturated heterocycles. The number of halogens is 2. The maximum atomic E-state index is 13.3. The van der Waals surface area contributed by atoms with Gasteiger partial charge in [-0.3, -0.25) is 4.72 Å². The van der Waals surface area contributed by atoms with Gasteiger partial charge >= 0.3 is 5.97 Å². The van der Waals surface area contributed by atoms with Crippen LogP contribution in [-0.2, 0) is 10.0 Å². The molecule has 2 N–H and O–H groups in total. The van der Waals surface area contributed by atoms with E-state index < -0.39 is 27.4 Å². The molecular formula is C12H8ClFN2O4S. The first-order chi connectivity index (χ1) is 9.81. The van der Waals surface area contributed by atoms with Crippen molar-refractivity contribution in [3.8, 4) is 0 Å². The van der Waals surface area contributed by atoms with Crippen LogP contribution in [0.1, 0.15) is 10.4 Å². The number of pyridine rings is 1. The van der Waals surface area contributed by atoms with Gasteiger partial charge in [0.1, 0.15) is 15.9 Å². The largest absolute Gasteiger partial charge is 0.478 e. The van der Waals surface area contributed by atoms with Crippen LogP contribution in [0.4, 0.5) is 10.1 Å². The van der Waals surface area contributed by atoms with Gasteiger partial charge in [0, 0.05) is 11.9 Å². The number of nitrogens with zero attached hydrogens (tertiary/aromatic N) is 1. The van der Waals surface area contributed by atoms with E-state index >= 15 is 0 Å². The van der Waals surface area contributed by atoms with E-state index in [1.54, 1.807) is 0 Å². The predicted molar refractivity (Wildman–Crippen MR) is 73.4 cm³/mol.